The minimum absolute atomic E-state index is 0.296. The molecule has 0 fully saturated rings. The van der Waals surface area contributed by atoms with Crippen molar-refractivity contribution in [1.29, 1.82) is 0 Å². The summed E-state index contributed by atoms with van der Waals surface area (Å²) in [4.78, 5) is 5.55. The lowest BCUT2D eigenvalue weighted by Gasteiger charge is -2.12. The fraction of sp³-hybridized carbons (Fsp3) is 0.545. The van der Waals surface area contributed by atoms with Crippen LogP contribution in [-0.2, 0) is 13.1 Å². The minimum atomic E-state index is 0.296. The van der Waals surface area contributed by atoms with Crippen molar-refractivity contribution in [2.45, 2.75) is 39.9 Å². The van der Waals surface area contributed by atoms with Crippen molar-refractivity contribution in [2.75, 3.05) is 0 Å². The van der Waals surface area contributed by atoms with Gasteiger partial charge in [0.1, 0.15) is 12.2 Å². The molecule has 2 aromatic heterocycles. The van der Waals surface area contributed by atoms with E-state index in [1.54, 1.807) is 17.7 Å². The highest BCUT2D eigenvalue weighted by atomic mass is 32.1. The lowest BCUT2D eigenvalue weighted by Crippen LogP contribution is -2.20. The Bertz CT molecular complexity index is 476. The van der Waals surface area contributed by atoms with Crippen LogP contribution in [0.5, 0.6) is 0 Å². The molecule has 5 nitrogen and oxygen atoms in total. The van der Waals surface area contributed by atoms with Gasteiger partial charge in [0.25, 0.3) is 0 Å². The first kappa shape index (κ1) is 12.2. The fourth-order valence-electron chi connectivity index (χ4n) is 1.74. The molecule has 1 atom stereocenters. The van der Waals surface area contributed by atoms with E-state index in [9.17, 15) is 0 Å². The third-order valence-corrected chi connectivity index (χ3v) is 3.89. The zero-order chi connectivity index (χ0) is 12.3. The Morgan fingerprint density at radius 3 is 3.00 bits per heavy atom. The van der Waals surface area contributed by atoms with E-state index in [-0.39, 0.29) is 0 Å². The topological polar surface area (TPSA) is 55.6 Å². The van der Waals surface area contributed by atoms with Crippen molar-refractivity contribution in [1.82, 2.24) is 25.1 Å². The van der Waals surface area contributed by atoms with E-state index >= 15 is 0 Å². The largest absolute Gasteiger partial charge is 0.317 e. The van der Waals surface area contributed by atoms with E-state index in [1.807, 2.05) is 17.0 Å². The van der Waals surface area contributed by atoms with Crippen LogP contribution >= 0.6 is 11.3 Å². The molecule has 2 heterocycles. The zero-order valence-corrected chi connectivity index (χ0v) is 11.2. The molecule has 6 heteroatoms. The van der Waals surface area contributed by atoms with Crippen LogP contribution in [0.2, 0.25) is 0 Å². The number of rotatable bonds is 5. The van der Waals surface area contributed by atoms with Crippen molar-refractivity contribution in [3.8, 4) is 0 Å². The number of nitrogens with zero attached hydrogens (tertiary/aromatic N) is 4. The molecule has 17 heavy (non-hydrogen) atoms. The second-order valence-electron chi connectivity index (χ2n) is 3.94. The Hall–Kier alpha value is -1.27. The predicted octanol–water partition coefficient (Wildman–Crippen LogP) is 1.91. The van der Waals surface area contributed by atoms with Gasteiger partial charge < -0.3 is 9.88 Å². The molecule has 0 aliphatic rings. The first-order valence-electron chi connectivity index (χ1n) is 5.72. The summed E-state index contributed by atoms with van der Waals surface area (Å²) in [7, 11) is 0. The van der Waals surface area contributed by atoms with E-state index in [4.69, 9.17) is 0 Å². The molecule has 0 radical (unpaired) electrons. The average Bonchev–Trinajstić information content (AvgIpc) is 2.94. The maximum atomic E-state index is 4.26. The van der Waals surface area contributed by atoms with Crippen LogP contribution < -0.4 is 5.32 Å². The van der Waals surface area contributed by atoms with E-state index in [0.717, 1.165) is 24.6 Å². The summed E-state index contributed by atoms with van der Waals surface area (Å²) in [6.45, 7) is 7.90. The lowest BCUT2D eigenvalue weighted by atomic mass is 10.2. The molecule has 1 N–H and O–H groups in total. The first-order valence-corrected chi connectivity index (χ1v) is 6.60. The molecule has 0 saturated carbocycles. The fourth-order valence-corrected chi connectivity index (χ4v) is 2.58. The molecule has 0 aromatic carbocycles. The molecular formula is C11H17N5S. The Balaban J connectivity index is 1.97. The number of hydrogen-bond donors (Lipinski definition) is 1. The van der Waals surface area contributed by atoms with Crippen LogP contribution in [0.1, 0.15) is 36.3 Å². The summed E-state index contributed by atoms with van der Waals surface area (Å²) in [5, 5.41) is 11.5. The minimum Gasteiger partial charge on any atom is -0.317 e. The molecule has 0 spiro atoms. The van der Waals surface area contributed by atoms with Gasteiger partial charge in [0, 0.05) is 17.5 Å². The number of nitrogens with one attached hydrogen (secondary N) is 1. The van der Waals surface area contributed by atoms with E-state index in [0.29, 0.717) is 6.04 Å². The third kappa shape index (κ3) is 2.70. The van der Waals surface area contributed by atoms with Crippen molar-refractivity contribution in [3.63, 3.8) is 0 Å². The van der Waals surface area contributed by atoms with Crippen LogP contribution in [-0.4, -0.2) is 19.7 Å². The van der Waals surface area contributed by atoms with E-state index in [2.05, 4.69) is 34.3 Å². The van der Waals surface area contributed by atoms with Crippen LogP contribution in [0.3, 0.4) is 0 Å². The summed E-state index contributed by atoms with van der Waals surface area (Å²) >= 11 is 1.69. The molecule has 2 aromatic rings. The van der Waals surface area contributed by atoms with Crippen molar-refractivity contribution in [2.24, 2.45) is 0 Å². The maximum Gasteiger partial charge on any atom is 0.146 e. The van der Waals surface area contributed by atoms with Gasteiger partial charge in [0.15, 0.2) is 0 Å². The summed E-state index contributed by atoms with van der Waals surface area (Å²) < 4.78 is 2.04. The van der Waals surface area contributed by atoms with Gasteiger partial charge in [-0.15, -0.1) is 21.5 Å². The van der Waals surface area contributed by atoms with E-state index < -0.39 is 0 Å². The summed E-state index contributed by atoms with van der Waals surface area (Å²) in [6.07, 6.45) is 1.76. The van der Waals surface area contributed by atoms with Crippen LogP contribution in [0.25, 0.3) is 0 Å². The van der Waals surface area contributed by atoms with Gasteiger partial charge in [-0.2, -0.15) is 0 Å². The molecule has 0 amide bonds. The molecule has 2 rings (SSSR count). The average molecular weight is 251 g/mol. The Morgan fingerprint density at radius 1 is 1.53 bits per heavy atom. The molecule has 0 saturated heterocycles. The van der Waals surface area contributed by atoms with Gasteiger partial charge in [-0.05, 0) is 20.8 Å². The van der Waals surface area contributed by atoms with Gasteiger partial charge in [-0.1, -0.05) is 0 Å². The van der Waals surface area contributed by atoms with Crippen LogP contribution in [0.15, 0.2) is 11.8 Å². The number of thiazole rings is 1. The first-order chi connectivity index (χ1) is 8.22. The second kappa shape index (κ2) is 5.37. The monoisotopic (exact) mass is 251 g/mol. The summed E-state index contributed by atoms with van der Waals surface area (Å²) in [6, 6.07) is 0.296. The predicted molar refractivity (Wildman–Crippen MR) is 67.8 cm³/mol. The van der Waals surface area contributed by atoms with Gasteiger partial charge >= 0.3 is 0 Å². The van der Waals surface area contributed by atoms with Crippen molar-refractivity contribution in [3.05, 3.63) is 28.2 Å². The quantitative estimate of drug-likeness (QED) is 0.882. The highest BCUT2D eigenvalue weighted by molar-refractivity contribution is 7.09. The lowest BCUT2D eigenvalue weighted by molar-refractivity contribution is 0.543. The number of aryl methyl sites for hydroxylation is 2. The van der Waals surface area contributed by atoms with Gasteiger partial charge in [0.05, 0.1) is 17.7 Å². The van der Waals surface area contributed by atoms with Crippen molar-refractivity contribution < 1.29 is 0 Å². The van der Waals surface area contributed by atoms with Gasteiger partial charge in [0.2, 0.25) is 0 Å². The Morgan fingerprint density at radius 2 is 2.35 bits per heavy atom. The van der Waals surface area contributed by atoms with Crippen LogP contribution in [0, 0.1) is 6.92 Å². The summed E-state index contributed by atoms with van der Waals surface area (Å²) in [5.74, 6) is 0.974. The smallest absolute Gasteiger partial charge is 0.146 e. The molecule has 0 bridgehead atoms. The zero-order valence-electron chi connectivity index (χ0n) is 10.3. The Kier molecular flexibility index (Phi) is 3.86. The molecular weight excluding hydrogens is 234 g/mol. The SMILES string of the molecule is CCn1cnnc1CNC(C)c1scnc1C. The Labute approximate surface area is 105 Å². The van der Waals surface area contributed by atoms with Gasteiger partial charge in [-0.3, -0.25) is 0 Å². The molecule has 0 aliphatic carbocycles. The normalized spacial score (nSPS) is 12.9. The highest BCUT2D eigenvalue weighted by Gasteiger charge is 2.11. The molecule has 92 valence electrons. The van der Waals surface area contributed by atoms with E-state index in [1.165, 1.54) is 4.88 Å². The molecule has 1 unspecified atom stereocenters. The molecule has 0 aliphatic heterocycles. The standard InChI is InChI=1S/C11H17N5S/c1-4-16-6-14-15-10(16)5-12-8(2)11-9(3)13-7-17-11/h6-8,12H,4-5H2,1-3H3. The second-order valence-corrected chi connectivity index (χ2v) is 4.82. The van der Waals surface area contributed by atoms with Crippen LogP contribution in [0.4, 0.5) is 0 Å². The van der Waals surface area contributed by atoms with Gasteiger partial charge in [-0.25, -0.2) is 4.98 Å². The summed E-state index contributed by atoms with van der Waals surface area (Å²) in [5.41, 5.74) is 2.99. The van der Waals surface area contributed by atoms with Crippen molar-refractivity contribution >= 4 is 11.3 Å². The number of aromatic nitrogens is 4. The maximum absolute atomic E-state index is 4.26. The third-order valence-electron chi connectivity index (χ3n) is 2.78. The number of hydrogen-bond acceptors (Lipinski definition) is 5. The highest BCUT2D eigenvalue weighted by Crippen LogP contribution is 2.21.